The topological polar surface area (TPSA) is 78.2 Å². The number of nitrogens with one attached hydrogen (secondary N) is 2. The van der Waals surface area contributed by atoms with Crippen molar-refractivity contribution in [2.75, 3.05) is 13.2 Å². The maximum Gasteiger partial charge on any atom is 0.410 e. The fraction of sp³-hybridized carbons (Fsp3) is 0.636. The number of nitrogens with zero attached hydrogens (tertiary/aromatic N) is 1. The Hall–Kier alpha value is -1.72. The highest BCUT2D eigenvalue weighted by Gasteiger charge is 2.24. The number of rotatable bonds is 3. The van der Waals surface area contributed by atoms with E-state index in [0.29, 0.717) is 31.7 Å². The Balaban J connectivity index is 1.95. The third-order valence-electron chi connectivity index (χ3n) is 2.93. The average molecular weight is 239 g/mol. The summed E-state index contributed by atoms with van der Waals surface area (Å²) in [5.41, 5.74) is 1.39. The van der Waals surface area contributed by atoms with Gasteiger partial charge < -0.3 is 14.7 Å². The van der Waals surface area contributed by atoms with Crippen molar-refractivity contribution in [2.45, 2.75) is 32.7 Å². The van der Waals surface area contributed by atoms with E-state index in [9.17, 15) is 9.59 Å². The third-order valence-corrected chi connectivity index (χ3v) is 2.93. The molecule has 17 heavy (non-hydrogen) atoms. The fourth-order valence-electron chi connectivity index (χ4n) is 1.87. The summed E-state index contributed by atoms with van der Waals surface area (Å²) < 4.78 is 5.12. The molecular formula is C11H17N3O3. The number of fused-ring (bicyclic) bond motifs is 1. The standard InChI is InChI=1S/C11H17N3O3/c1-2-3-6-17-11(16)14-5-4-9-8(7-14)10(15)13-12-9/h2-7H2,1H3,(H2,12,13,15). The van der Waals surface area contributed by atoms with Crippen molar-refractivity contribution in [3.63, 3.8) is 0 Å². The zero-order chi connectivity index (χ0) is 12.3. The Kier molecular flexibility index (Phi) is 3.51. The number of carbonyl (C=O) groups is 1. The van der Waals surface area contributed by atoms with Crippen LogP contribution >= 0.6 is 0 Å². The van der Waals surface area contributed by atoms with Gasteiger partial charge >= 0.3 is 6.09 Å². The molecule has 0 saturated heterocycles. The van der Waals surface area contributed by atoms with Gasteiger partial charge in [-0.15, -0.1) is 0 Å². The largest absolute Gasteiger partial charge is 0.449 e. The summed E-state index contributed by atoms with van der Waals surface area (Å²) in [6.07, 6.45) is 2.20. The lowest BCUT2D eigenvalue weighted by molar-refractivity contribution is 0.0964. The lowest BCUT2D eigenvalue weighted by Gasteiger charge is -2.25. The van der Waals surface area contributed by atoms with E-state index in [2.05, 4.69) is 10.2 Å². The smallest absolute Gasteiger partial charge is 0.410 e. The number of aromatic amines is 2. The van der Waals surface area contributed by atoms with E-state index in [0.717, 1.165) is 18.5 Å². The predicted molar refractivity (Wildman–Crippen MR) is 61.8 cm³/mol. The number of hydrogen-bond acceptors (Lipinski definition) is 3. The second kappa shape index (κ2) is 5.07. The lowest BCUT2D eigenvalue weighted by Crippen LogP contribution is -2.37. The van der Waals surface area contributed by atoms with Gasteiger partial charge in [-0.3, -0.25) is 9.89 Å². The van der Waals surface area contributed by atoms with E-state index in [4.69, 9.17) is 4.74 Å². The highest BCUT2D eigenvalue weighted by molar-refractivity contribution is 5.68. The van der Waals surface area contributed by atoms with Gasteiger partial charge in [0.15, 0.2) is 0 Å². The van der Waals surface area contributed by atoms with Gasteiger partial charge in [0.25, 0.3) is 5.56 Å². The van der Waals surface area contributed by atoms with Crippen LogP contribution in [0.2, 0.25) is 0 Å². The van der Waals surface area contributed by atoms with E-state index < -0.39 is 0 Å². The van der Waals surface area contributed by atoms with E-state index in [1.807, 2.05) is 6.92 Å². The molecule has 0 saturated carbocycles. The molecule has 0 unspecified atom stereocenters. The Labute approximate surface area is 98.9 Å². The highest BCUT2D eigenvalue weighted by atomic mass is 16.6. The van der Waals surface area contributed by atoms with Crippen LogP contribution in [0.25, 0.3) is 0 Å². The summed E-state index contributed by atoms with van der Waals surface area (Å²) in [7, 11) is 0. The summed E-state index contributed by atoms with van der Waals surface area (Å²) in [5, 5.41) is 5.35. The summed E-state index contributed by atoms with van der Waals surface area (Å²) >= 11 is 0. The molecule has 0 bridgehead atoms. The van der Waals surface area contributed by atoms with Crippen LogP contribution in [0.1, 0.15) is 31.0 Å². The second-order valence-electron chi connectivity index (χ2n) is 4.18. The van der Waals surface area contributed by atoms with E-state index >= 15 is 0 Å². The van der Waals surface area contributed by atoms with Gasteiger partial charge in [-0.2, -0.15) is 0 Å². The van der Waals surface area contributed by atoms with Crippen molar-refractivity contribution in [1.82, 2.24) is 15.1 Å². The predicted octanol–water partition coefficient (Wildman–Crippen LogP) is 0.998. The Morgan fingerprint density at radius 3 is 3.06 bits per heavy atom. The molecule has 0 radical (unpaired) electrons. The van der Waals surface area contributed by atoms with Crippen LogP contribution in [0.5, 0.6) is 0 Å². The molecule has 0 atom stereocenters. The molecule has 1 aromatic heterocycles. The Bertz CT molecular complexity index is 449. The van der Waals surface area contributed by atoms with Crippen molar-refractivity contribution >= 4 is 6.09 Å². The van der Waals surface area contributed by atoms with Gasteiger partial charge in [-0.25, -0.2) is 4.79 Å². The van der Waals surface area contributed by atoms with Crippen molar-refractivity contribution in [2.24, 2.45) is 0 Å². The Morgan fingerprint density at radius 2 is 2.29 bits per heavy atom. The molecule has 2 N–H and O–H groups in total. The molecule has 0 aliphatic carbocycles. The maximum atomic E-state index is 11.7. The van der Waals surface area contributed by atoms with Gasteiger partial charge in [0.2, 0.25) is 0 Å². The molecule has 0 spiro atoms. The van der Waals surface area contributed by atoms with E-state index in [-0.39, 0.29) is 11.7 Å². The van der Waals surface area contributed by atoms with E-state index in [1.54, 1.807) is 4.90 Å². The van der Waals surface area contributed by atoms with Crippen molar-refractivity contribution in [1.29, 1.82) is 0 Å². The van der Waals surface area contributed by atoms with E-state index in [1.165, 1.54) is 0 Å². The van der Waals surface area contributed by atoms with Crippen LogP contribution in [0.3, 0.4) is 0 Å². The summed E-state index contributed by atoms with van der Waals surface area (Å²) in [6, 6.07) is 0. The van der Waals surface area contributed by atoms with Gasteiger partial charge in [0.05, 0.1) is 18.7 Å². The molecule has 1 aliphatic rings. The molecule has 1 aliphatic heterocycles. The van der Waals surface area contributed by atoms with Crippen LogP contribution in [-0.4, -0.2) is 34.3 Å². The van der Waals surface area contributed by atoms with Crippen molar-refractivity contribution in [3.8, 4) is 0 Å². The summed E-state index contributed by atoms with van der Waals surface area (Å²) in [4.78, 5) is 24.7. The summed E-state index contributed by atoms with van der Waals surface area (Å²) in [6.45, 7) is 3.41. The van der Waals surface area contributed by atoms with Crippen LogP contribution in [0.4, 0.5) is 4.79 Å². The van der Waals surface area contributed by atoms with Crippen LogP contribution in [0, 0.1) is 0 Å². The minimum Gasteiger partial charge on any atom is -0.449 e. The quantitative estimate of drug-likeness (QED) is 0.772. The maximum absolute atomic E-state index is 11.7. The fourth-order valence-corrected chi connectivity index (χ4v) is 1.87. The van der Waals surface area contributed by atoms with Crippen LogP contribution < -0.4 is 5.56 Å². The molecule has 6 nitrogen and oxygen atoms in total. The molecule has 94 valence electrons. The first-order valence-corrected chi connectivity index (χ1v) is 5.92. The van der Waals surface area contributed by atoms with Crippen molar-refractivity contribution < 1.29 is 9.53 Å². The van der Waals surface area contributed by atoms with Gasteiger partial charge in [-0.1, -0.05) is 13.3 Å². The molecule has 2 heterocycles. The molecule has 0 aromatic carbocycles. The number of H-pyrrole nitrogens is 2. The third kappa shape index (κ3) is 2.51. The van der Waals surface area contributed by atoms with Gasteiger partial charge in [0.1, 0.15) is 0 Å². The molecule has 2 rings (SSSR count). The number of ether oxygens (including phenoxy) is 1. The monoisotopic (exact) mass is 239 g/mol. The first kappa shape index (κ1) is 11.8. The minimum atomic E-state index is -0.329. The number of carbonyl (C=O) groups excluding carboxylic acids is 1. The zero-order valence-corrected chi connectivity index (χ0v) is 9.91. The van der Waals surface area contributed by atoms with Gasteiger partial charge in [0, 0.05) is 18.7 Å². The zero-order valence-electron chi connectivity index (χ0n) is 9.91. The first-order valence-electron chi connectivity index (χ1n) is 5.92. The Morgan fingerprint density at radius 1 is 1.47 bits per heavy atom. The molecule has 0 fully saturated rings. The van der Waals surface area contributed by atoms with Crippen LogP contribution in [-0.2, 0) is 17.7 Å². The SMILES string of the molecule is CCCCOC(=O)N1CCc2[nH][nH]c(=O)c2C1. The lowest BCUT2D eigenvalue weighted by atomic mass is 10.1. The number of hydrogen-bond donors (Lipinski definition) is 2. The van der Waals surface area contributed by atoms with Gasteiger partial charge in [-0.05, 0) is 6.42 Å². The number of amides is 1. The molecule has 6 heteroatoms. The molecular weight excluding hydrogens is 222 g/mol. The molecule has 1 amide bonds. The second-order valence-corrected chi connectivity index (χ2v) is 4.18. The van der Waals surface area contributed by atoms with Crippen molar-refractivity contribution in [3.05, 3.63) is 21.6 Å². The van der Waals surface area contributed by atoms with Crippen LogP contribution in [0.15, 0.2) is 4.79 Å². The normalized spacial score (nSPS) is 14.5. The molecule has 1 aromatic rings. The number of unbranched alkanes of at least 4 members (excludes halogenated alkanes) is 1. The first-order chi connectivity index (χ1) is 8.22. The highest BCUT2D eigenvalue weighted by Crippen LogP contribution is 2.13. The average Bonchev–Trinajstić information content (AvgIpc) is 2.71. The summed E-state index contributed by atoms with van der Waals surface area (Å²) in [5.74, 6) is 0. The number of aromatic nitrogens is 2. The minimum absolute atomic E-state index is 0.147.